The molecule has 1 aromatic rings. The van der Waals surface area contributed by atoms with Gasteiger partial charge in [0.2, 0.25) is 0 Å². The van der Waals surface area contributed by atoms with E-state index in [0.29, 0.717) is 23.7 Å². The summed E-state index contributed by atoms with van der Waals surface area (Å²) in [5, 5.41) is 5.77. The van der Waals surface area contributed by atoms with Gasteiger partial charge in [0, 0.05) is 23.7 Å². The van der Waals surface area contributed by atoms with E-state index in [1.165, 1.54) is 0 Å². The summed E-state index contributed by atoms with van der Waals surface area (Å²) in [6.45, 7) is 2.75. The van der Waals surface area contributed by atoms with Crippen molar-refractivity contribution < 1.29 is 9.59 Å². The number of benzene rings is 1. The van der Waals surface area contributed by atoms with Gasteiger partial charge >= 0.3 is 0 Å². The molecular formula is C15H20N2O2. The lowest BCUT2D eigenvalue weighted by Gasteiger charge is -2.07. The molecule has 0 heterocycles. The molecule has 102 valence electrons. The van der Waals surface area contributed by atoms with Crippen molar-refractivity contribution in [1.29, 1.82) is 0 Å². The lowest BCUT2D eigenvalue weighted by atomic mass is 10.1. The molecule has 1 aromatic carbocycles. The molecule has 2 rings (SSSR count). The van der Waals surface area contributed by atoms with Gasteiger partial charge in [0.15, 0.2) is 0 Å². The van der Waals surface area contributed by atoms with Gasteiger partial charge in [0.1, 0.15) is 0 Å². The number of carbonyl (C=O) groups is 2. The van der Waals surface area contributed by atoms with E-state index in [4.69, 9.17) is 0 Å². The number of hydrogen-bond donors (Lipinski definition) is 2. The Bertz CT molecular complexity index is 467. The Hall–Kier alpha value is -1.84. The Morgan fingerprint density at radius 3 is 2.53 bits per heavy atom. The molecule has 1 aliphatic carbocycles. The molecule has 0 bridgehead atoms. The van der Waals surface area contributed by atoms with Gasteiger partial charge < -0.3 is 10.6 Å². The van der Waals surface area contributed by atoms with Crippen molar-refractivity contribution in [3.63, 3.8) is 0 Å². The van der Waals surface area contributed by atoms with E-state index in [9.17, 15) is 9.59 Å². The van der Waals surface area contributed by atoms with Crippen molar-refractivity contribution in [1.82, 2.24) is 10.6 Å². The summed E-state index contributed by atoms with van der Waals surface area (Å²) in [7, 11) is 0. The van der Waals surface area contributed by atoms with Crippen LogP contribution in [0.1, 0.15) is 53.3 Å². The van der Waals surface area contributed by atoms with E-state index in [1.807, 2.05) is 0 Å². The SMILES string of the molecule is CCCCNC(=O)c1cccc(C(=O)NC2CC2)c1. The molecular weight excluding hydrogens is 240 g/mol. The van der Waals surface area contributed by atoms with E-state index in [2.05, 4.69) is 17.6 Å². The highest BCUT2D eigenvalue weighted by molar-refractivity contribution is 5.99. The molecule has 1 saturated carbocycles. The van der Waals surface area contributed by atoms with Crippen molar-refractivity contribution in [3.8, 4) is 0 Å². The first-order chi connectivity index (χ1) is 9.20. The summed E-state index contributed by atoms with van der Waals surface area (Å²) >= 11 is 0. The summed E-state index contributed by atoms with van der Waals surface area (Å²) in [5.41, 5.74) is 1.09. The molecule has 0 aliphatic heterocycles. The van der Waals surface area contributed by atoms with Crippen LogP contribution in [0.25, 0.3) is 0 Å². The van der Waals surface area contributed by atoms with Crippen LogP contribution in [0.5, 0.6) is 0 Å². The monoisotopic (exact) mass is 260 g/mol. The number of unbranched alkanes of at least 4 members (excludes halogenated alkanes) is 1. The number of nitrogens with one attached hydrogen (secondary N) is 2. The van der Waals surface area contributed by atoms with E-state index >= 15 is 0 Å². The summed E-state index contributed by atoms with van der Waals surface area (Å²) in [6, 6.07) is 7.19. The molecule has 0 spiro atoms. The van der Waals surface area contributed by atoms with Crippen molar-refractivity contribution >= 4 is 11.8 Å². The minimum Gasteiger partial charge on any atom is -0.352 e. The topological polar surface area (TPSA) is 58.2 Å². The zero-order chi connectivity index (χ0) is 13.7. The van der Waals surface area contributed by atoms with Gasteiger partial charge in [-0.25, -0.2) is 0 Å². The third-order valence-corrected chi connectivity index (χ3v) is 3.12. The third kappa shape index (κ3) is 4.09. The fraction of sp³-hybridized carbons (Fsp3) is 0.467. The Kier molecular flexibility index (Phi) is 4.55. The van der Waals surface area contributed by atoms with Gasteiger partial charge in [0.25, 0.3) is 11.8 Å². The van der Waals surface area contributed by atoms with Gasteiger partial charge in [0.05, 0.1) is 0 Å². The largest absolute Gasteiger partial charge is 0.352 e. The van der Waals surface area contributed by atoms with Gasteiger partial charge in [-0.3, -0.25) is 9.59 Å². The fourth-order valence-electron chi connectivity index (χ4n) is 1.78. The van der Waals surface area contributed by atoms with Crippen LogP contribution in [0.2, 0.25) is 0 Å². The smallest absolute Gasteiger partial charge is 0.251 e. The van der Waals surface area contributed by atoms with E-state index in [-0.39, 0.29) is 11.8 Å². The second-order valence-electron chi connectivity index (χ2n) is 4.94. The Morgan fingerprint density at radius 1 is 1.21 bits per heavy atom. The Balaban J connectivity index is 1.97. The molecule has 4 heteroatoms. The molecule has 0 saturated heterocycles. The zero-order valence-corrected chi connectivity index (χ0v) is 11.2. The van der Waals surface area contributed by atoms with Crippen LogP contribution >= 0.6 is 0 Å². The highest BCUT2D eigenvalue weighted by atomic mass is 16.2. The van der Waals surface area contributed by atoms with Crippen LogP contribution < -0.4 is 10.6 Å². The highest BCUT2D eigenvalue weighted by Gasteiger charge is 2.23. The van der Waals surface area contributed by atoms with Crippen LogP contribution in [0, 0.1) is 0 Å². The summed E-state index contributed by atoms with van der Waals surface area (Å²) in [6.07, 6.45) is 4.13. The maximum Gasteiger partial charge on any atom is 0.251 e. The van der Waals surface area contributed by atoms with E-state index in [0.717, 1.165) is 25.7 Å². The highest BCUT2D eigenvalue weighted by Crippen LogP contribution is 2.19. The van der Waals surface area contributed by atoms with Gasteiger partial charge in [-0.05, 0) is 37.5 Å². The Labute approximate surface area is 113 Å². The lowest BCUT2D eigenvalue weighted by Crippen LogP contribution is -2.27. The number of rotatable bonds is 6. The van der Waals surface area contributed by atoms with Crippen molar-refractivity contribution in [2.45, 2.75) is 38.6 Å². The average molecular weight is 260 g/mol. The van der Waals surface area contributed by atoms with Crippen LogP contribution in [-0.4, -0.2) is 24.4 Å². The minimum absolute atomic E-state index is 0.0919. The molecule has 0 radical (unpaired) electrons. The van der Waals surface area contributed by atoms with Crippen molar-refractivity contribution in [2.24, 2.45) is 0 Å². The van der Waals surface area contributed by atoms with Gasteiger partial charge in [-0.2, -0.15) is 0 Å². The molecule has 1 fully saturated rings. The maximum absolute atomic E-state index is 11.9. The normalized spacial score (nSPS) is 13.9. The summed E-state index contributed by atoms with van der Waals surface area (Å²) in [4.78, 5) is 23.8. The molecule has 0 aromatic heterocycles. The average Bonchev–Trinajstić information content (AvgIpc) is 3.23. The first kappa shape index (κ1) is 13.6. The number of carbonyl (C=O) groups excluding carboxylic acids is 2. The van der Waals surface area contributed by atoms with E-state index < -0.39 is 0 Å². The summed E-state index contributed by atoms with van der Waals surface area (Å²) in [5.74, 6) is -0.208. The number of amides is 2. The molecule has 0 unspecified atom stereocenters. The van der Waals surface area contributed by atoms with Gasteiger partial charge in [-0.15, -0.1) is 0 Å². The predicted octanol–water partition coefficient (Wildman–Crippen LogP) is 2.11. The molecule has 0 atom stereocenters. The summed E-state index contributed by atoms with van der Waals surface area (Å²) < 4.78 is 0. The first-order valence-electron chi connectivity index (χ1n) is 6.90. The number of hydrogen-bond acceptors (Lipinski definition) is 2. The fourth-order valence-corrected chi connectivity index (χ4v) is 1.78. The molecule has 4 nitrogen and oxygen atoms in total. The standard InChI is InChI=1S/C15H20N2O2/c1-2-3-9-16-14(18)11-5-4-6-12(10-11)15(19)17-13-7-8-13/h4-6,10,13H,2-3,7-9H2,1H3,(H,16,18)(H,17,19). The Morgan fingerprint density at radius 2 is 1.89 bits per heavy atom. The third-order valence-electron chi connectivity index (χ3n) is 3.12. The second kappa shape index (κ2) is 6.36. The maximum atomic E-state index is 11.9. The molecule has 19 heavy (non-hydrogen) atoms. The van der Waals surface area contributed by atoms with Crippen LogP contribution in [0.3, 0.4) is 0 Å². The molecule has 1 aliphatic rings. The van der Waals surface area contributed by atoms with Crippen molar-refractivity contribution in [2.75, 3.05) is 6.54 Å². The van der Waals surface area contributed by atoms with Crippen LogP contribution in [0.15, 0.2) is 24.3 Å². The lowest BCUT2D eigenvalue weighted by molar-refractivity contribution is 0.0950. The molecule has 2 amide bonds. The molecule has 2 N–H and O–H groups in total. The second-order valence-corrected chi connectivity index (χ2v) is 4.94. The predicted molar refractivity (Wildman–Crippen MR) is 74.2 cm³/mol. The van der Waals surface area contributed by atoms with Gasteiger partial charge in [-0.1, -0.05) is 19.4 Å². The zero-order valence-electron chi connectivity index (χ0n) is 11.2. The van der Waals surface area contributed by atoms with E-state index in [1.54, 1.807) is 24.3 Å². The first-order valence-corrected chi connectivity index (χ1v) is 6.90. The van der Waals surface area contributed by atoms with Crippen LogP contribution in [-0.2, 0) is 0 Å². The quantitative estimate of drug-likeness (QED) is 0.770. The van der Waals surface area contributed by atoms with Crippen molar-refractivity contribution in [3.05, 3.63) is 35.4 Å². The minimum atomic E-state index is -0.116. The van der Waals surface area contributed by atoms with Crippen LogP contribution in [0.4, 0.5) is 0 Å².